The molecule has 0 spiro atoms. The van der Waals surface area contributed by atoms with E-state index in [1.165, 1.54) is 4.90 Å². The van der Waals surface area contributed by atoms with Crippen LogP contribution in [0.15, 0.2) is 0 Å². The van der Waals surface area contributed by atoms with Crippen LogP contribution in [0.4, 0.5) is 4.79 Å². The SMILES string of the molecule is CC1(C)C(N2C(=O)CNC2=O)C1(C)C. The van der Waals surface area contributed by atoms with Crippen molar-refractivity contribution in [2.45, 2.75) is 33.7 Å². The molecule has 2 aliphatic rings. The maximum absolute atomic E-state index is 11.5. The molecule has 0 unspecified atom stereocenters. The molecular weight excluding hydrogens is 180 g/mol. The number of imide groups is 1. The summed E-state index contributed by atoms with van der Waals surface area (Å²) in [5.41, 5.74) is 0.0642. The molecule has 0 aromatic carbocycles. The van der Waals surface area contributed by atoms with E-state index in [0.717, 1.165) is 0 Å². The molecule has 3 amide bonds. The number of nitrogens with zero attached hydrogens (tertiary/aromatic N) is 1. The highest BCUT2D eigenvalue weighted by atomic mass is 16.2. The molecule has 0 aromatic heterocycles. The van der Waals surface area contributed by atoms with Crippen LogP contribution >= 0.6 is 0 Å². The Kier molecular flexibility index (Phi) is 1.56. The fourth-order valence-corrected chi connectivity index (χ4v) is 2.50. The van der Waals surface area contributed by atoms with E-state index in [0.29, 0.717) is 0 Å². The first kappa shape index (κ1) is 9.49. The van der Waals surface area contributed by atoms with Crippen molar-refractivity contribution in [2.75, 3.05) is 6.54 Å². The molecule has 0 aromatic rings. The largest absolute Gasteiger partial charge is 0.329 e. The summed E-state index contributed by atoms with van der Waals surface area (Å²) in [5.74, 6) is -0.0985. The van der Waals surface area contributed by atoms with Crippen LogP contribution in [0.5, 0.6) is 0 Å². The zero-order valence-corrected chi connectivity index (χ0v) is 9.05. The van der Waals surface area contributed by atoms with Crippen molar-refractivity contribution in [3.05, 3.63) is 0 Å². The quantitative estimate of drug-likeness (QED) is 0.635. The second-order valence-corrected chi connectivity index (χ2v) is 5.27. The van der Waals surface area contributed by atoms with E-state index in [4.69, 9.17) is 0 Å². The van der Waals surface area contributed by atoms with Crippen LogP contribution in [0, 0.1) is 10.8 Å². The maximum Gasteiger partial charge on any atom is 0.324 e. The van der Waals surface area contributed by atoms with E-state index >= 15 is 0 Å². The van der Waals surface area contributed by atoms with Gasteiger partial charge in [-0.3, -0.25) is 9.69 Å². The van der Waals surface area contributed by atoms with Crippen molar-refractivity contribution in [1.82, 2.24) is 10.2 Å². The van der Waals surface area contributed by atoms with Crippen LogP contribution in [0.1, 0.15) is 27.7 Å². The first-order valence-electron chi connectivity index (χ1n) is 4.90. The molecule has 4 heteroatoms. The monoisotopic (exact) mass is 196 g/mol. The van der Waals surface area contributed by atoms with Gasteiger partial charge in [0.1, 0.15) is 0 Å². The van der Waals surface area contributed by atoms with Crippen molar-refractivity contribution in [3.8, 4) is 0 Å². The minimum Gasteiger partial charge on any atom is -0.329 e. The molecule has 1 saturated carbocycles. The average molecular weight is 196 g/mol. The molecule has 4 nitrogen and oxygen atoms in total. The lowest BCUT2D eigenvalue weighted by Gasteiger charge is -2.14. The van der Waals surface area contributed by atoms with Crippen LogP contribution in [0.3, 0.4) is 0 Å². The third-order valence-electron chi connectivity index (χ3n) is 4.08. The van der Waals surface area contributed by atoms with Gasteiger partial charge in [-0.1, -0.05) is 27.7 Å². The summed E-state index contributed by atoms with van der Waals surface area (Å²) in [6.45, 7) is 8.53. The van der Waals surface area contributed by atoms with Crippen molar-refractivity contribution < 1.29 is 9.59 Å². The topological polar surface area (TPSA) is 49.4 Å². The number of carbonyl (C=O) groups excluding carboxylic acids is 2. The van der Waals surface area contributed by atoms with Gasteiger partial charge in [-0.15, -0.1) is 0 Å². The number of hydrogen-bond donors (Lipinski definition) is 1. The first-order valence-corrected chi connectivity index (χ1v) is 4.90. The molecule has 0 atom stereocenters. The predicted octanol–water partition coefficient (Wildman–Crippen LogP) is 0.973. The maximum atomic E-state index is 11.5. The summed E-state index contributed by atoms with van der Waals surface area (Å²) in [6.07, 6.45) is 0. The second kappa shape index (κ2) is 2.30. The van der Waals surface area contributed by atoms with Gasteiger partial charge in [-0.2, -0.15) is 0 Å². The van der Waals surface area contributed by atoms with Gasteiger partial charge < -0.3 is 5.32 Å². The van der Waals surface area contributed by atoms with Crippen molar-refractivity contribution in [3.63, 3.8) is 0 Å². The highest BCUT2D eigenvalue weighted by Gasteiger charge is 2.70. The smallest absolute Gasteiger partial charge is 0.324 e. The van der Waals surface area contributed by atoms with Crippen molar-refractivity contribution >= 4 is 11.9 Å². The molecule has 2 fully saturated rings. The Morgan fingerprint density at radius 1 is 1.21 bits per heavy atom. The Balaban J connectivity index is 2.27. The number of amides is 3. The molecule has 1 aliphatic carbocycles. The summed E-state index contributed by atoms with van der Waals surface area (Å²) in [4.78, 5) is 24.3. The molecule has 1 N–H and O–H groups in total. The van der Waals surface area contributed by atoms with Gasteiger partial charge in [0.05, 0.1) is 12.6 Å². The number of rotatable bonds is 1. The van der Waals surface area contributed by atoms with E-state index in [9.17, 15) is 9.59 Å². The van der Waals surface area contributed by atoms with Gasteiger partial charge >= 0.3 is 6.03 Å². The Hall–Kier alpha value is -1.06. The highest BCUT2D eigenvalue weighted by molar-refractivity contribution is 6.02. The number of hydrogen-bond acceptors (Lipinski definition) is 2. The molecule has 78 valence electrons. The Bertz CT molecular complexity index is 290. The Labute approximate surface area is 83.6 Å². The molecule has 0 bridgehead atoms. The van der Waals surface area contributed by atoms with Gasteiger partial charge in [-0.25, -0.2) is 4.79 Å². The lowest BCUT2D eigenvalue weighted by Crippen LogP contribution is -2.36. The summed E-state index contributed by atoms with van der Waals surface area (Å²) >= 11 is 0. The molecule has 14 heavy (non-hydrogen) atoms. The third kappa shape index (κ3) is 0.885. The van der Waals surface area contributed by atoms with Gasteiger partial charge in [0.25, 0.3) is 0 Å². The lowest BCUT2D eigenvalue weighted by atomic mass is 10.0. The highest BCUT2D eigenvalue weighted by Crippen LogP contribution is 2.65. The van der Waals surface area contributed by atoms with E-state index in [-0.39, 0.29) is 35.4 Å². The van der Waals surface area contributed by atoms with E-state index < -0.39 is 0 Å². The number of urea groups is 1. The molecule has 1 saturated heterocycles. The van der Waals surface area contributed by atoms with Crippen LogP contribution < -0.4 is 5.32 Å². The summed E-state index contributed by atoms with van der Waals surface area (Å²) in [6, 6.07) is -0.191. The second-order valence-electron chi connectivity index (χ2n) is 5.27. The van der Waals surface area contributed by atoms with Crippen LogP contribution in [0.2, 0.25) is 0 Å². The normalized spacial score (nSPS) is 29.3. The molecule has 2 rings (SSSR count). The van der Waals surface area contributed by atoms with Crippen molar-refractivity contribution in [1.29, 1.82) is 0 Å². The van der Waals surface area contributed by atoms with E-state index in [1.807, 2.05) is 0 Å². The fraction of sp³-hybridized carbons (Fsp3) is 0.800. The zero-order valence-electron chi connectivity index (χ0n) is 9.05. The van der Waals surface area contributed by atoms with Gasteiger partial charge in [0, 0.05) is 0 Å². The number of nitrogens with one attached hydrogen (secondary N) is 1. The minimum atomic E-state index is -0.237. The Morgan fingerprint density at radius 2 is 1.71 bits per heavy atom. The molecular formula is C10H16N2O2. The van der Waals surface area contributed by atoms with E-state index in [1.54, 1.807) is 0 Å². The molecule has 1 heterocycles. The number of carbonyl (C=O) groups is 2. The van der Waals surface area contributed by atoms with Gasteiger partial charge in [0.2, 0.25) is 5.91 Å². The Morgan fingerprint density at radius 3 is 2.00 bits per heavy atom. The van der Waals surface area contributed by atoms with Gasteiger partial charge in [-0.05, 0) is 10.8 Å². The fourth-order valence-electron chi connectivity index (χ4n) is 2.50. The minimum absolute atomic E-state index is 0.0321. The van der Waals surface area contributed by atoms with Gasteiger partial charge in [0.15, 0.2) is 0 Å². The average Bonchev–Trinajstić information content (AvgIpc) is 2.37. The predicted molar refractivity (Wildman–Crippen MR) is 51.6 cm³/mol. The molecule has 1 aliphatic heterocycles. The first-order chi connectivity index (χ1) is 6.30. The van der Waals surface area contributed by atoms with Crippen LogP contribution in [-0.4, -0.2) is 29.4 Å². The van der Waals surface area contributed by atoms with Crippen LogP contribution in [-0.2, 0) is 4.79 Å². The van der Waals surface area contributed by atoms with Crippen molar-refractivity contribution in [2.24, 2.45) is 10.8 Å². The summed E-state index contributed by atoms with van der Waals surface area (Å²) < 4.78 is 0. The summed E-state index contributed by atoms with van der Waals surface area (Å²) in [5, 5.41) is 2.55. The zero-order chi connectivity index (χ0) is 10.7. The van der Waals surface area contributed by atoms with Crippen LogP contribution in [0.25, 0.3) is 0 Å². The van der Waals surface area contributed by atoms with E-state index in [2.05, 4.69) is 33.0 Å². The lowest BCUT2D eigenvalue weighted by molar-refractivity contribution is -0.125. The summed E-state index contributed by atoms with van der Waals surface area (Å²) in [7, 11) is 0. The standard InChI is InChI=1S/C10H16N2O2/c1-9(2)7(10(9,3)4)12-6(13)5-11-8(12)14/h7H,5H2,1-4H3,(H,11,14). The molecule has 0 radical (unpaired) electrons. The third-order valence-corrected chi connectivity index (χ3v) is 4.08.